The van der Waals surface area contributed by atoms with Gasteiger partial charge < -0.3 is 4.40 Å². The second-order valence-electron chi connectivity index (χ2n) is 9.33. The minimum atomic E-state index is -0.279. The highest BCUT2D eigenvalue weighted by Crippen LogP contribution is 2.32. The maximum atomic E-state index is 13.3. The molecule has 0 spiro atoms. The highest BCUT2D eigenvalue weighted by molar-refractivity contribution is 7.98. The standard InChI is InChI=1S/C18H14FN5S.C13H10FN3/c1-11-17-23-15(12-3-5-13(19)6-4-12)16(24(17)10-9-20-11)14-7-8-21-18(22-14)25-2;1-9-13-16-12(8-17(13)7-6-15-9)10-2-4-11(14)5-3-10/h3-10H,1-2H3;2-8H,1H3. The van der Waals surface area contributed by atoms with Gasteiger partial charge in [-0.05, 0) is 74.7 Å². The fourth-order valence-electron chi connectivity index (χ4n) is 4.54. The molecule has 2 aromatic carbocycles. The molecule has 0 aliphatic heterocycles. The summed E-state index contributed by atoms with van der Waals surface area (Å²) < 4.78 is 30.1. The Balaban J connectivity index is 0.000000162. The first-order valence-electron chi connectivity index (χ1n) is 12.9. The van der Waals surface area contributed by atoms with Crippen LogP contribution in [0, 0.1) is 25.5 Å². The van der Waals surface area contributed by atoms with Crippen LogP contribution in [0.2, 0.25) is 0 Å². The Hall–Kier alpha value is -5.03. The monoisotopic (exact) mass is 578 g/mol. The van der Waals surface area contributed by atoms with Crippen LogP contribution in [-0.2, 0) is 0 Å². The number of halogens is 2. The van der Waals surface area contributed by atoms with Crippen molar-refractivity contribution in [2.45, 2.75) is 19.0 Å². The van der Waals surface area contributed by atoms with Crippen LogP contribution in [0.1, 0.15) is 11.4 Å². The summed E-state index contributed by atoms with van der Waals surface area (Å²) in [5, 5.41) is 0.684. The highest BCUT2D eigenvalue weighted by Gasteiger charge is 2.19. The van der Waals surface area contributed by atoms with E-state index in [0.717, 1.165) is 56.6 Å². The van der Waals surface area contributed by atoms with Crippen LogP contribution in [0.4, 0.5) is 8.78 Å². The molecule has 0 N–H and O–H groups in total. The third-order valence-electron chi connectivity index (χ3n) is 6.59. The number of hydrogen-bond acceptors (Lipinski definition) is 7. The van der Waals surface area contributed by atoms with Gasteiger partial charge in [0.05, 0.1) is 34.2 Å². The molecule has 11 heteroatoms. The number of benzene rings is 2. The molecule has 208 valence electrons. The predicted molar refractivity (Wildman–Crippen MR) is 159 cm³/mol. The summed E-state index contributed by atoms with van der Waals surface area (Å²) in [5.74, 6) is -0.519. The zero-order valence-electron chi connectivity index (χ0n) is 22.9. The third kappa shape index (κ3) is 5.34. The topological polar surface area (TPSA) is 86.2 Å². The molecule has 7 aromatic rings. The van der Waals surface area contributed by atoms with Gasteiger partial charge in [0.2, 0.25) is 0 Å². The number of hydrogen-bond donors (Lipinski definition) is 0. The molecule has 5 aromatic heterocycles. The van der Waals surface area contributed by atoms with E-state index in [9.17, 15) is 8.78 Å². The smallest absolute Gasteiger partial charge is 0.187 e. The first-order valence-corrected chi connectivity index (χ1v) is 14.2. The second kappa shape index (κ2) is 11.5. The molecule has 0 fully saturated rings. The summed E-state index contributed by atoms with van der Waals surface area (Å²) in [5.41, 5.74) is 8.15. The largest absolute Gasteiger partial charge is 0.303 e. The Morgan fingerprint density at radius 3 is 1.95 bits per heavy atom. The Labute approximate surface area is 244 Å². The van der Waals surface area contributed by atoms with E-state index in [1.165, 1.54) is 36.0 Å². The van der Waals surface area contributed by atoms with Gasteiger partial charge in [0.25, 0.3) is 0 Å². The number of aromatic nitrogens is 8. The van der Waals surface area contributed by atoms with Crippen LogP contribution in [0.3, 0.4) is 0 Å². The summed E-state index contributed by atoms with van der Waals surface area (Å²) in [6.07, 6.45) is 12.8. The molecule has 8 nitrogen and oxygen atoms in total. The van der Waals surface area contributed by atoms with Crippen LogP contribution in [0.5, 0.6) is 0 Å². The summed E-state index contributed by atoms with van der Waals surface area (Å²) in [4.78, 5) is 26.6. The van der Waals surface area contributed by atoms with Gasteiger partial charge in [0.1, 0.15) is 11.6 Å². The molecule has 0 amide bonds. The number of aryl methyl sites for hydroxylation is 2. The van der Waals surface area contributed by atoms with Crippen LogP contribution in [0.25, 0.3) is 45.2 Å². The van der Waals surface area contributed by atoms with Crippen molar-refractivity contribution in [3.63, 3.8) is 0 Å². The number of rotatable bonds is 4. The predicted octanol–water partition coefficient (Wildman–Crippen LogP) is 6.87. The lowest BCUT2D eigenvalue weighted by Crippen LogP contribution is -1.96. The maximum Gasteiger partial charge on any atom is 0.187 e. The van der Waals surface area contributed by atoms with Crippen LogP contribution in [0.15, 0.2) is 96.9 Å². The van der Waals surface area contributed by atoms with Crippen molar-refractivity contribution in [1.29, 1.82) is 0 Å². The number of thioether (sulfide) groups is 1. The summed E-state index contributed by atoms with van der Waals surface area (Å²) in [6.45, 7) is 3.82. The third-order valence-corrected chi connectivity index (χ3v) is 7.15. The van der Waals surface area contributed by atoms with Gasteiger partial charge in [-0.15, -0.1) is 0 Å². The molecule has 0 aliphatic rings. The van der Waals surface area contributed by atoms with Crippen molar-refractivity contribution in [2.75, 3.05) is 6.26 Å². The average molecular weight is 579 g/mol. The van der Waals surface area contributed by atoms with Crippen molar-refractivity contribution in [2.24, 2.45) is 0 Å². The van der Waals surface area contributed by atoms with Gasteiger partial charge in [-0.25, -0.2) is 28.7 Å². The zero-order chi connectivity index (χ0) is 29.2. The van der Waals surface area contributed by atoms with E-state index >= 15 is 0 Å². The first kappa shape index (κ1) is 27.2. The molecule has 0 saturated carbocycles. The van der Waals surface area contributed by atoms with E-state index in [1.807, 2.05) is 53.6 Å². The summed E-state index contributed by atoms with van der Waals surface area (Å²) in [7, 11) is 0. The van der Waals surface area contributed by atoms with Gasteiger partial charge in [0, 0.05) is 48.3 Å². The lowest BCUT2D eigenvalue weighted by molar-refractivity contribution is 0.627. The Morgan fingerprint density at radius 2 is 1.29 bits per heavy atom. The molecule has 0 saturated heterocycles. The number of nitrogens with zero attached hydrogens (tertiary/aromatic N) is 8. The van der Waals surface area contributed by atoms with Crippen molar-refractivity contribution in [1.82, 2.24) is 38.7 Å². The normalized spacial score (nSPS) is 11.1. The Morgan fingerprint density at radius 1 is 0.643 bits per heavy atom. The van der Waals surface area contributed by atoms with Gasteiger partial charge in [-0.1, -0.05) is 11.8 Å². The molecule has 0 unspecified atom stereocenters. The van der Waals surface area contributed by atoms with E-state index in [4.69, 9.17) is 4.98 Å². The van der Waals surface area contributed by atoms with E-state index < -0.39 is 0 Å². The first-order chi connectivity index (χ1) is 20.4. The molecule has 0 atom stereocenters. The van der Waals surface area contributed by atoms with E-state index in [2.05, 4.69) is 24.9 Å². The van der Waals surface area contributed by atoms with Gasteiger partial charge in [-0.3, -0.25) is 14.4 Å². The highest BCUT2D eigenvalue weighted by atomic mass is 32.2. The molecule has 5 heterocycles. The van der Waals surface area contributed by atoms with E-state index in [1.54, 1.807) is 42.9 Å². The van der Waals surface area contributed by atoms with E-state index in [-0.39, 0.29) is 11.6 Å². The lowest BCUT2D eigenvalue weighted by Gasteiger charge is -2.06. The van der Waals surface area contributed by atoms with Crippen molar-refractivity contribution < 1.29 is 8.78 Å². The van der Waals surface area contributed by atoms with Gasteiger partial charge in [-0.2, -0.15) is 0 Å². The molecule has 0 bridgehead atoms. The van der Waals surface area contributed by atoms with Crippen LogP contribution >= 0.6 is 11.8 Å². The van der Waals surface area contributed by atoms with Crippen LogP contribution in [-0.4, -0.2) is 45.0 Å². The lowest BCUT2D eigenvalue weighted by atomic mass is 10.1. The summed E-state index contributed by atoms with van der Waals surface area (Å²) in [6, 6.07) is 14.5. The summed E-state index contributed by atoms with van der Waals surface area (Å²) >= 11 is 1.48. The number of imidazole rings is 2. The van der Waals surface area contributed by atoms with Gasteiger partial charge >= 0.3 is 0 Å². The molecular formula is C31H24F2N8S. The second-order valence-corrected chi connectivity index (χ2v) is 10.1. The quantitative estimate of drug-likeness (QED) is 0.166. The van der Waals surface area contributed by atoms with E-state index in [0.29, 0.717) is 5.16 Å². The Bertz CT molecular complexity index is 2020. The van der Waals surface area contributed by atoms with Crippen molar-refractivity contribution >= 4 is 23.1 Å². The average Bonchev–Trinajstić information content (AvgIpc) is 3.62. The van der Waals surface area contributed by atoms with Gasteiger partial charge in [0.15, 0.2) is 16.5 Å². The minimum absolute atomic E-state index is 0.240. The molecular weight excluding hydrogens is 554 g/mol. The minimum Gasteiger partial charge on any atom is -0.303 e. The fraction of sp³-hybridized carbons (Fsp3) is 0.0968. The van der Waals surface area contributed by atoms with Crippen molar-refractivity contribution in [3.8, 4) is 33.9 Å². The zero-order valence-corrected chi connectivity index (χ0v) is 23.7. The Kier molecular flexibility index (Phi) is 7.41. The number of fused-ring (bicyclic) bond motifs is 2. The fourth-order valence-corrected chi connectivity index (χ4v) is 4.89. The molecule has 42 heavy (non-hydrogen) atoms. The molecule has 7 rings (SSSR count). The molecule has 0 aliphatic carbocycles. The molecule has 0 radical (unpaired) electrons. The maximum absolute atomic E-state index is 13.3. The van der Waals surface area contributed by atoms with Crippen LogP contribution < -0.4 is 0 Å². The SMILES string of the molecule is CSc1nccc(-c2c(-c3ccc(F)cc3)nc3c(C)nccn23)n1.Cc1nccn2cc(-c3ccc(F)cc3)nc12. The van der Waals surface area contributed by atoms with Crippen molar-refractivity contribution in [3.05, 3.63) is 115 Å².